The van der Waals surface area contributed by atoms with E-state index in [1.165, 1.54) is 23.9 Å². The van der Waals surface area contributed by atoms with Gasteiger partial charge in [0.1, 0.15) is 6.29 Å². The lowest BCUT2D eigenvalue weighted by Gasteiger charge is -1.83. The van der Waals surface area contributed by atoms with E-state index in [0.717, 1.165) is 12.0 Å². The Bertz CT molecular complexity index is 312. The van der Waals surface area contributed by atoms with Crippen molar-refractivity contribution in [3.63, 3.8) is 0 Å². The molecule has 0 bridgehead atoms. The van der Waals surface area contributed by atoms with Crippen molar-refractivity contribution in [3.05, 3.63) is 22.2 Å². The molecule has 2 rings (SSSR count). The van der Waals surface area contributed by atoms with E-state index in [2.05, 4.69) is 4.98 Å². The number of nitrogens with zero attached hydrogens (tertiary/aromatic N) is 1. The van der Waals surface area contributed by atoms with E-state index >= 15 is 0 Å². The summed E-state index contributed by atoms with van der Waals surface area (Å²) in [7, 11) is 0. The highest BCUT2D eigenvalue weighted by Gasteiger charge is 2.26. The maximum Gasteiger partial charge on any atom is 0.142 e. The lowest BCUT2D eigenvalue weighted by molar-refractivity contribution is -0.104. The van der Waals surface area contributed by atoms with Gasteiger partial charge in [0.2, 0.25) is 0 Å². The van der Waals surface area contributed by atoms with Gasteiger partial charge in [-0.05, 0) is 25.0 Å². The second kappa shape index (κ2) is 3.19. The van der Waals surface area contributed by atoms with Crippen LogP contribution in [0.25, 0.3) is 6.08 Å². The predicted octanol–water partition coefficient (Wildman–Crippen LogP) is 2.23. The number of rotatable bonds is 3. The van der Waals surface area contributed by atoms with Gasteiger partial charge in [0.05, 0.1) is 10.7 Å². The number of carbonyl (C=O) groups excluding carboxylic acids is 1. The Kier molecular flexibility index (Phi) is 2.04. The van der Waals surface area contributed by atoms with Gasteiger partial charge in [0.25, 0.3) is 0 Å². The Morgan fingerprint density at radius 1 is 1.58 bits per heavy atom. The topological polar surface area (TPSA) is 30.0 Å². The molecule has 2 nitrogen and oxygen atoms in total. The van der Waals surface area contributed by atoms with Gasteiger partial charge in [-0.2, -0.15) is 0 Å². The van der Waals surface area contributed by atoms with Gasteiger partial charge in [0.15, 0.2) is 0 Å². The summed E-state index contributed by atoms with van der Waals surface area (Å²) in [5, 5.41) is 3.22. The van der Waals surface area contributed by atoms with Crippen molar-refractivity contribution in [2.24, 2.45) is 0 Å². The van der Waals surface area contributed by atoms with Gasteiger partial charge in [-0.3, -0.25) is 4.79 Å². The molecule has 0 amide bonds. The molecule has 62 valence electrons. The molecule has 1 aliphatic carbocycles. The fraction of sp³-hybridized carbons (Fsp3) is 0.333. The minimum absolute atomic E-state index is 0.716. The van der Waals surface area contributed by atoms with Gasteiger partial charge < -0.3 is 0 Å². The quantitative estimate of drug-likeness (QED) is 0.526. The van der Waals surface area contributed by atoms with Gasteiger partial charge in [-0.15, -0.1) is 11.3 Å². The van der Waals surface area contributed by atoms with Crippen LogP contribution < -0.4 is 0 Å². The number of allylic oxidation sites excluding steroid dienone is 1. The van der Waals surface area contributed by atoms with Crippen molar-refractivity contribution in [2.45, 2.75) is 18.8 Å². The third-order valence-electron chi connectivity index (χ3n) is 1.81. The molecule has 1 aliphatic rings. The molecular weight excluding hydrogens is 170 g/mol. The zero-order valence-electron chi connectivity index (χ0n) is 6.56. The molecule has 0 spiro atoms. The van der Waals surface area contributed by atoms with Crippen LogP contribution in [0.5, 0.6) is 0 Å². The Morgan fingerprint density at radius 2 is 2.42 bits per heavy atom. The van der Waals surface area contributed by atoms with Gasteiger partial charge >= 0.3 is 0 Å². The molecule has 0 aromatic carbocycles. The summed E-state index contributed by atoms with van der Waals surface area (Å²) in [4.78, 5) is 14.4. The summed E-state index contributed by atoms with van der Waals surface area (Å²) in [6, 6.07) is 0. The van der Waals surface area contributed by atoms with Gasteiger partial charge in [0, 0.05) is 11.3 Å². The van der Waals surface area contributed by atoms with Crippen LogP contribution >= 0.6 is 11.3 Å². The van der Waals surface area contributed by atoms with E-state index < -0.39 is 0 Å². The molecule has 12 heavy (non-hydrogen) atoms. The second-order valence-corrected chi connectivity index (χ2v) is 3.77. The predicted molar refractivity (Wildman–Crippen MR) is 49.2 cm³/mol. The third-order valence-corrected chi connectivity index (χ3v) is 2.84. The lowest BCUT2D eigenvalue weighted by Crippen LogP contribution is -1.76. The fourth-order valence-electron chi connectivity index (χ4n) is 1.03. The van der Waals surface area contributed by atoms with E-state index in [-0.39, 0.29) is 0 Å². The maximum atomic E-state index is 10.0. The zero-order chi connectivity index (χ0) is 8.39. The SMILES string of the molecule is O=C/C=C/c1csc(C2CC2)n1. The number of hydrogen-bond acceptors (Lipinski definition) is 3. The summed E-state index contributed by atoms with van der Waals surface area (Å²) in [6.07, 6.45) is 6.56. The second-order valence-electron chi connectivity index (χ2n) is 2.88. The first kappa shape index (κ1) is 7.68. The molecule has 0 atom stereocenters. The van der Waals surface area contributed by atoms with E-state index in [1.807, 2.05) is 5.38 Å². The average molecular weight is 179 g/mol. The largest absolute Gasteiger partial charge is 0.299 e. The Hall–Kier alpha value is -0.960. The van der Waals surface area contributed by atoms with Crippen molar-refractivity contribution >= 4 is 23.7 Å². The number of carbonyl (C=O) groups is 1. The molecule has 1 heterocycles. The summed E-state index contributed by atoms with van der Waals surface area (Å²) in [5.41, 5.74) is 0.911. The molecule has 0 unspecified atom stereocenters. The number of thiazole rings is 1. The number of aromatic nitrogens is 1. The van der Waals surface area contributed by atoms with Crippen LogP contribution in [0.1, 0.15) is 29.5 Å². The Balaban J connectivity index is 2.12. The van der Waals surface area contributed by atoms with Crippen LogP contribution in [0.15, 0.2) is 11.5 Å². The highest BCUT2D eigenvalue weighted by atomic mass is 32.1. The standard InChI is InChI=1S/C9H9NOS/c11-5-1-2-8-6-12-9(10-8)7-3-4-7/h1-2,5-7H,3-4H2/b2-1+. The molecule has 0 radical (unpaired) electrons. The molecule has 0 N–H and O–H groups in total. The lowest BCUT2D eigenvalue weighted by atomic mass is 10.4. The van der Waals surface area contributed by atoms with Crippen molar-refractivity contribution in [1.82, 2.24) is 4.98 Å². The highest BCUT2D eigenvalue weighted by Crippen LogP contribution is 2.41. The van der Waals surface area contributed by atoms with E-state index in [0.29, 0.717) is 5.92 Å². The van der Waals surface area contributed by atoms with Crippen LogP contribution in [0.4, 0.5) is 0 Å². The molecule has 1 aromatic rings. The Labute approximate surface area is 74.9 Å². The monoisotopic (exact) mass is 179 g/mol. The van der Waals surface area contributed by atoms with E-state index in [9.17, 15) is 4.79 Å². The normalized spacial score (nSPS) is 17.0. The average Bonchev–Trinajstić information content (AvgIpc) is 2.83. The molecule has 3 heteroatoms. The van der Waals surface area contributed by atoms with E-state index in [1.54, 1.807) is 17.4 Å². The van der Waals surface area contributed by atoms with E-state index in [4.69, 9.17) is 0 Å². The van der Waals surface area contributed by atoms with Crippen LogP contribution in [0.3, 0.4) is 0 Å². The van der Waals surface area contributed by atoms with Crippen molar-refractivity contribution in [1.29, 1.82) is 0 Å². The van der Waals surface area contributed by atoms with Crippen molar-refractivity contribution in [2.75, 3.05) is 0 Å². The van der Waals surface area contributed by atoms with Crippen molar-refractivity contribution < 1.29 is 4.79 Å². The third kappa shape index (κ3) is 1.61. The molecule has 1 aromatic heterocycles. The van der Waals surface area contributed by atoms with Crippen LogP contribution in [0.2, 0.25) is 0 Å². The first-order valence-corrected chi connectivity index (χ1v) is 4.85. The molecule has 1 fully saturated rings. The summed E-state index contributed by atoms with van der Waals surface area (Å²) >= 11 is 1.69. The summed E-state index contributed by atoms with van der Waals surface area (Å²) in [5.74, 6) is 0.716. The minimum atomic E-state index is 0.716. The molecular formula is C9H9NOS. The summed E-state index contributed by atoms with van der Waals surface area (Å²) < 4.78 is 0. The maximum absolute atomic E-state index is 10.0. The smallest absolute Gasteiger partial charge is 0.142 e. The van der Waals surface area contributed by atoms with Crippen LogP contribution in [-0.4, -0.2) is 11.3 Å². The minimum Gasteiger partial charge on any atom is -0.299 e. The molecule has 0 aliphatic heterocycles. The first-order valence-electron chi connectivity index (χ1n) is 3.97. The fourth-order valence-corrected chi connectivity index (χ4v) is 1.99. The van der Waals surface area contributed by atoms with Gasteiger partial charge in [-0.25, -0.2) is 4.98 Å². The van der Waals surface area contributed by atoms with Crippen molar-refractivity contribution in [3.8, 4) is 0 Å². The number of hydrogen-bond donors (Lipinski definition) is 0. The summed E-state index contributed by atoms with van der Waals surface area (Å²) in [6.45, 7) is 0. The van der Waals surface area contributed by atoms with Crippen LogP contribution in [-0.2, 0) is 4.79 Å². The van der Waals surface area contributed by atoms with Gasteiger partial charge in [-0.1, -0.05) is 0 Å². The Morgan fingerprint density at radius 3 is 3.08 bits per heavy atom. The highest BCUT2D eigenvalue weighted by molar-refractivity contribution is 7.09. The molecule has 1 saturated carbocycles. The van der Waals surface area contributed by atoms with Crippen LogP contribution in [0, 0.1) is 0 Å². The zero-order valence-corrected chi connectivity index (χ0v) is 7.38. The first-order chi connectivity index (χ1) is 5.90. The number of aldehydes is 1. The molecule has 0 saturated heterocycles.